The molecule has 1 N–H and O–H groups in total. The van der Waals surface area contributed by atoms with Crippen LogP contribution in [0.1, 0.15) is 34.4 Å². The maximum absolute atomic E-state index is 12.0. The summed E-state index contributed by atoms with van der Waals surface area (Å²) >= 11 is 0. The van der Waals surface area contributed by atoms with Gasteiger partial charge in [-0.1, -0.05) is 6.07 Å². The average Bonchev–Trinajstić information content (AvgIpc) is 2.80. The minimum atomic E-state index is -0.132. The highest BCUT2D eigenvalue weighted by atomic mass is 16.3. The molecule has 0 saturated heterocycles. The van der Waals surface area contributed by atoms with Gasteiger partial charge in [-0.2, -0.15) is 0 Å². The van der Waals surface area contributed by atoms with Gasteiger partial charge in [-0.15, -0.1) is 0 Å². The van der Waals surface area contributed by atoms with Crippen LogP contribution in [0.3, 0.4) is 0 Å². The number of hydrogen-bond donors (Lipinski definition) is 1. The SMILES string of the molecule is C/C(=C\C(=O)c1ccc(C)o1)Nc1ccc(C)c(C)c1. The van der Waals surface area contributed by atoms with E-state index in [9.17, 15) is 4.79 Å². The number of nitrogens with one attached hydrogen (secondary N) is 1. The van der Waals surface area contributed by atoms with Crippen molar-refractivity contribution in [2.75, 3.05) is 5.32 Å². The zero-order chi connectivity index (χ0) is 14.7. The molecule has 0 atom stereocenters. The monoisotopic (exact) mass is 269 g/mol. The van der Waals surface area contributed by atoms with Gasteiger partial charge in [0.25, 0.3) is 0 Å². The van der Waals surface area contributed by atoms with Crippen molar-refractivity contribution in [3.05, 3.63) is 64.8 Å². The lowest BCUT2D eigenvalue weighted by Gasteiger charge is -2.08. The Morgan fingerprint density at radius 3 is 2.45 bits per heavy atom. The Hall–Kier alpha value is -2.29. The van der Waals surface area contributed by atoms with E-state index in [-0.39, 0.29) is 5.78 Å². The molecule has 0 bridgehead atoms. The van der Waals surface area contributed by atoms with Crippen LogP contribution in [-0.2, 0) is 0 Å². The molecule has 3 heteroatoms. The number of rotatable bonds is 4. The number of anilines is 1. The number of carbonyl (C=O) groups excluding carboxylic acids is 1. The van der Waals surface area contributed by atoms with Crippen molar-refractivity contribution in [1.29, 1.82) is 0 Å². The summed E-state index contributed by atoms with van der Waals surface area (Å²) in [5, 5.41) is 3.22. The predicted octanol–water partition coefficient (Wildman–Crippen LogP) is 4.40. The summed E-state index contributed by atoms with van der Waals surface area (Å²) in [6.45, 7) is 7.82. The molecule has 104 valence electrons. The van der Waals surface area contributed by atoms with Crippen LogP contribution >= 0.6 is 0 Å². The molecular weight excluding hydrogens is 250 g/mol. The topological polar surface area (TPSA) is 42.2 Å². The fraction of sp³-hybridized carbons (Fsp3) is 0.235. The highest BCUT2D eigenvalue weighted by Crippen LogP contribution is 2.16. The summed E-state index contributed by atoms with van der Waals surface area (Å²) in [7, 11) is 0. The summed E-state index contributed by atoms with van der Waals surface area (Å²) in [5.41, 5.74) is 4.23. The molecule has 1 aromatic carbocycles. The molecule has 20 heavy (non-hydrogen) atoms. The fourth-order valence-electron chi connectivity index (χ4n) is 1.92. The van der Waals surface area contributed by atoms with Crippen molar-refractivity contribution in [2.24, 2.45) is 0 Å². The lowest BCUT2D eigenvalue weighted by Crippen LogP contribution is -2.01. The van der Waals surface area contributed by atoms with Gasteiger partial charge in [0.15, 0.2) is 5.76 Å². The molecule has 1 aromatic heterocycles. The molecule has 1 heterocycles. The van der Waals surface area contributed by atoms with Crippen molar-refractivity contribution in [1.82, 2.24) is 0 Å². The van der Waals surface area contributed by atoms with Crippen molar-refractivity contribution in [2.45, 2.75) is 27.7 Å². The second kappa shape index (κ2) is 5.78. The molecule has 2 rings (SSSR count). The van der Waals surface area contributed by atoms with E-state index in [1.54, 1.807) is 18.2 Å². The van der Waals surface area contributed by atoms with Gasteiger partial charge in [0.05, 0.1) is 0 Å². The van der Waals surface area contributed by atoms with Crippen LogP contribution in [0.4, 0.5) is 5.69 Å². The van der Waals surface area contributed by atoms with Crippen LogP contribution in [0, 0.1) is 20.8 Å². The van der Waals surface area contributed by atoms with Gasteiger partial charge < -0.3 is 9.73 Å². The van der Waals surface area contributed by atoms with Crippen molar-refractivity contribution in [3.63, 3.8) is 0 Å². The number of aryl methyl sites for hydroxylation is 3. The Labute approximate surface area is 119 Å². The number of hydrogen-bond acceptors (Lipinski definition) is 3. The van der Waals surface area contributed by atoms with Gasteiger partial charge in [0, 0.05) is 17.5 Å². The molecular formula is C17H19NO2. The minimum Gasteiger partial charge on any atom is -0.458 e. The van der Waals surface area contributed by atoms with E-state index < -0.39 is 0 Å². The normalized spacial score (nSPS) is 11.5. The van der Waals surface area contributed by atoms with Crippen LogP contribution in [0.25, 0.3) is 0 Å². The maximum Gasteiger partial charge on any atom is 0.222 e. The summed E-state index contributed by atoms with van der Waals surface area (Å²) in [4.78, 5) is 12.0. The second-order valence-electron chi connectivity index (χ2n) is 5.03. The van der Waals surface area contributed by atoms with E-state index >= 15 is 0 Å². The van der Waals surface area contributed by atoms with Gasteiger partial charge in [0.2, 0.25) is 5.78 Å². The Morgan fingerprint density at radius 2 is 1.85 bits per heavy atom. The van der Waals surface area contributed by atoms with Crippen LogP contribution in [-0.4, -0.2) is 5.78 Å². The number of ketones is 1. The van der Waals surface area contributed by atoms with E-state index in [1.165, 1.54) is 11.1 Å². The molecule has 3 nitrogen and oxygen atoms in total. The molecule has 0 aliphatic heterocycles. The first-order valence-corrected chi connectivity index (χ1v) is 6.59. The summed E-state index contributed by atoms with van der Waals surface area (Å²) < 4.78 is 5.31. The predicted molar refractivity (Wildman–Crippen MR) is 81.1 cm³/mol. The average molecular weight is 269 g/mol. The first-order chi connectivity index (χ1) is 9.45. The van der Waals surface area contributed by atoms with Gasteiger partial charge in [-0.3, -0.25) is 4.79 Å². The molecule has 0 radical (unpaired) electrons. The minimum absolute atomic E-state index is 0.132. The van der Waals surface area contributed by atoms with Crippen LogP contribution in [0.2, 0.25) is 0 Å². The lowest BCUT2D eigenvalue weighted by atomic mass is 10.1. The van der Waals surface area contributed by atoms with Crippen molar-refractivity contribution in [3.8, 4) is 0 Å². The third-order valence-corrected chi connectivity index (χ3v) is 3.18. The number of benzene rings is 1. The van der Waals surface area contributed by atoms with E-state index in [2.05, 4.69) is 31.3 Å². The van der Waals surface area contributed by atoms with Crippen molar-refractivity contribution >= 4 is 11.5 Å². The summed E-state index contributed by atoms with van der Waals surface area (Å²) in [6, 6.07) is 9.60. The Kier molecular flexibility index (Phi) is 4.08. The van der Waals surface area contributed by atoms with E-state index in [0.717, 1.165) is 17.1 Å². The molecule has 0 saturated carbocycles. The molecule has 0 spiro atoms. The van der Waals surface area contributed by atoms with Crippen LogP contribution < -0.4 is 5.32 Å². The Balaban J connectivity index is 2.10. The third-order valence-electron chi connectivity index (χ3n) is 3.18. The Bertz CT molecular complexity index is 665. The number of carbonyl (C=O) groups is 1. The summed E-state index contributed by atoms with van der Waals surface area (Å²) in [5.74, 6) is 0.970. The quantitative estimate of drug-likeness (QED) is 0.660. The van der Waals surface area contributed by atoms with Gasteiger partial charge in [-0.25, -0.2) is 0 Å². The Morgan fingerprint density at radius 1 is 1.10 bits per heavy atom. The molecule has 0 aliphatic rings. The fourth-order valence-corrected chi connectivity index (χ4v) is 1.92. The van der Waals surface area contributed by atoms with Crippen LogP contribution in [0.5, 0.6) is 0 Å². The van der Waals surface area contributed by atoms with Crippen LogP contribution in [0.15, 0.2) is 46.5 Å². The lowest BCUT2D eigenvalue weighted by molar-refractivity contribution is 0.102. The first-order valence-electron chi connectivity index (χ1n) is 6.59. The molecule has 0 amide bonds. The van der Waals surface area contributed by atoms with E-state index in [0.29, 0.717) is 5.76 Å². The summed E-state index contributed by atoms with van der Waals surface area (Å²) in [6.07, 6.45) is 1.55. The number of allylic oxidation sites excluding steroid dienone is 2. The van der Waals surface area contributed by atoms with E-state index in [4.69, 9.17) is 4.42 Å². The highest BCUT2D eigenvalue weighted by Gasteiger charge is 2.07. The second-order valence-corrected chi connectivity index (χ2v) is 5.03. The largest absolute Gasteiger partial charge is 0.458 e. The highest BCUT2D eigenvalue weighted by molar-refractivity contribution is 6.03. The van der Waals surface area contributed by atoms with E-state index in [1.807, 2.05) is 19.9 Å². The van der Waals surface area contributed by atoms with Gasteiger partial charge in [-0.05, 0) is 63.1 Å². The zero-order valence-corrected chi connectivity index (χ0v) is 12.3. The molecule has 0 unspecified atom stereocenters. The standard InChI is InChI=1S/C17H19NO2/c1-11-5-7-15(9-12(11)2)18-13(3)10-16(19)17-8-6-14(4)20-17/h5-10,18H,1-4H3/b13-10+. The molecule has 0 fully saturated rings. The van der Waals surface area contributed by atoms with Gasteiger partial charge >= 0.3 is 0 Å². The maximum atomic E-state index is 12.0. The number of furan rings is 1. The van der Waals surface area contributed by atoms with Gasteiger partial charge in [0.1, 0.15) is 5.76 Å². The zero-order valence-electron chi connectivity index (χ0n) is 12.3. The first kappa shape index (κ1) is 14.1. The molecule has 0 aliphatic carbocycles. The third kappa shape index (κ3) is 3.38. The molecule has 2 aromatic rings. The smallest absolute Gasteiger partial charge is 0.222 e. The van der Waals surface area contributed by atoms with Crippen molar-refractivity contribution < 1.29 is 9.21 Å².